The SMILES string of the molecule is CC(C)CC(C)(C)C.CC(Cl)(Cl)Cl.CCCCC.CC[N+](=O)[O-].ClCC(Cl)Cl.O=[N+]([O-])c1ccccc1. The Labute approximate surface area is 255 Å². The molecule has 12 heteroatoms. The van der Waals surface area contributed by atoms with Crippen LogP contribution in [0.3, 0.4) is 0 Å². The number of hydrogen-bond acceptors (Lipinski definition) is 4. The number of nitro benzene ring substituents is 1. The van der Waals surface area contributed by atoms with Crippen LogP contribution < -0.4 is 0 Å². The van der Waals surface area contributed by atoms with Crippen molar-refractivity contribution in [3.63, 3.8) is 0 Å². The molecule has 0 heterocycles. The number of halogens is 6. The van der Waals surface area contributed by atoms with Gasteiger partial charge in [-0.3, -0.25) is 20.2 Å². The Morgan fingerprint density at radius 3 is 1.27 bits per heavy atom. The Hall–Kier alpha value is -0.240. The third kappa shape index (κ3) is 78.7. The standard InChI is InChI=1S/C8H18.C6H5NO2.C5H12.2C2H3Cl3.C2H5NO2/c1-7(2)6-8(3,4)5;8-7(9)6-4-2-1-3-5-6;1-3-5-4-2;1-2(3,4)5;3-1-2(4)5;1-2-3(4)5/h7H,6H2,1-5H3;1-5H;3-5H2,1-2H3;1H3;2H,1H2;2H2,1H3. The lowest BCUT2D eigenvalue weighted by atomic mass is 9.86. The molecule has 0 aliphatic heterocycles. The Kier molecular flexibility index (Phi) is 38.2. The molecule has 0 atom stereocenters. The molecule has 6 nitrogen and oxygen atoms in total. The van der Waals surface area contributed by atoms with Gasteiger partial charge in [0.15, 0.2) is 3.79 Å². The first-order valence-corrected chi connectivity index (χ1v) is 14.4. The second kappa shape index (κ2) is 30.3. The summed E-state index contributed by atoms with van der Waals surface area (Å²) in [5.41, 5.74) is 0.659. The third-order valence-electron chi connectivity index (χ3n) is 3.07. The lowest BCUT2D eigenvalue weighted by molar-refractivity contribution is -0.475. The van der Waals surface area contributed by atoms with Crippen molar-refractivity contribution >= 4 is 75.3 Å². The first-order chi connectivity index (χ1) is 16.7. The predicted molar refractivity (Wildman–Crippen MR) is 167 cm³/mol. The fraction of sp³-hybridized carbons (Fsp3) is 0.760. The van der Waals surface area contributed by atoms with Crippen LogP contribution in [0.25, 0.3) is 0 Å². The Morgan fingerprint density at radius 2 is 1.19 bits per heavy atom. The molecule has 0 saturated carbocycles. The number of non-ortho nitro benzene ring substituents is 1. The molecule has 0 amide bonds. The van der Waals surface area contributed by atoms with E-state index in [1.807, 2.05) is 0 Å². The van der Waals surface area contributed by atoms with Crippen molar-refractivity contribution in [1.82, 2.24) is 0 Å². The largest absolute Gasteiger partial charge is 0.269 e. The van der Waals surface area contributed by atoms with Crippen molar-refractivity contribution in [2.24, 2.45) is 11.3 Å². The minimum atomic E-state index is -1.08. The molecule has 37 heavy (non-hydrogen) atoms. The molecule has 0 aliphatic carbocycles. The van der Waals surface area contributed by atoms with E-state index in [4.69, 9.17) is 69.6 Å². The lowest BCUT2D eigenvalue weighted by Gasteiger charge is -2.19. The fourth-order valence-corrected chi connectivity index (χ4v) is 2.13. The van der Waals surface area contributed by atoms with Crippen molar-refractivity contribution in [1.29, 1.82) is 0 Å². The molecule has 0 aromatic heterocycles. The number of benzene rings is 1. The maximum absolute atomic E-state index is 10.0. The Bertz CT molecular complexity index is 616. The van der Waals surface area contributed by atoms with Gasteiger partial charge < -0.3 is 0 Å². The van der Waals surface area contributed by atoms with Crippen molar-refractivity contribution in [3.8, 4) is 0 Å². The first kappa shape index (κ1) is 46.6. The number of rotatable bonds is 6. The predicted octanol–water partition coefficient (Wildman–Crippen LogP) is 11.6. The van der Waals surface area contributed by atoms with Gasteiger partial charge in [0, 0.05) is 24.0 Å². The monoisotopic (exact) mass is 648 g/mol. The van der Waals surface area contributed by atoms with Crippen molar-refractivity contribution in [3.05, 3.63) is 50.6 Å². The smallest absolute Gasteiger partial charge is 0.265 e. The van der Waals surface area contributed by atoms with Crippen LogP contribution in [0.15, 0.2) is 30.3 Å². The van der Waals surface area contributed by atoms with Gasteiger partial charge in [-0.15, -0.1) is 34.8 Å². The van der Waals surface area contributed by atoms with Gasteiger partial charge in [0.2, 0.25) is 6.54 Å². The summed E-state index contributed by atoms with van der Waals surface area (Å²) in [6.07, 6.45) is 5.40. The maximum Gasteiger partial charge on any atom is 0.269 e. The van der Waals surface area contributed by atoms with Crippen LogP contribution in [0.5, 0.6) is 0 Å². The van der Waals surface area contributed by atoms with Gasteiger partial charge in [0.05, 0.1) is 10.8 Å². The summed E-state index contributed by atoms with van der Waals surface area (Å²) in [6, 6.07) is 7.93. The van der Waals surface area contributed by atoms with E-state index < -0.39 is 13.6 Å². The molecule has 1 aromatic carbocycles. The van der Waals surface area contributed by atoms with E-state index in [-0.39, 0.29) is 17.2 Å². The van der Waals surface area contributed by atoms with E-state index in [1.165, 1.54) is 51.7 Å². The average molecular weight is 651 g/mol. The molecular formula is C25H46Cl6N2O4. The molecule has 0 bridgehead atoms. The van der Waals surface area contributed by atoms with Gasteiger partial charge in [-0.1, -0.05) is 121 Å². The molecule has 0 N–H and O–H groups in total. The lowest BCUT2D eigenvalue weighted by Crippen LogP contribution is -2.08. The summed E-state index contributed by atoms with van der Waals surface area (Å²) in [5, 5.41) is 19.2. The van der Waals surface area contributed by atoms with Crippen LogP contribution in [-0.2, 0) is 0 Å². The van der Waals surface area contributed by atoms with Crippen LogP contribution in [0.2, 0.25) is 0 Å². The van der Waals surface area contributed by atoms with Crippen LogP contribution >= 0.6 is 69.6 Å². The van der Waals surface area contributed by atoms with E-state index >= 15 is 0 Å². The minimum Gasteiger partial charge on any atom is -0.265 e. The van der Waals surface area contributed by atoms with Crippen molar-refractivity contribution in [2.75, 3.05) is 12.4 Å². The van der Waals surface area contributed by atoms with Crippen molar-refractivity contribution in [2.45, 2.75) is 96.6 Å². The van der Waals surface area contributed by atoms with Crippen LogP contribution in [0.4, 0.5) is 5.69 Å². The second-order valence-electron chi connectivity index (χ2n) is 9.08. The number of nitrogens with zero attached hydrogens (tertiary/aromatic N) is 2. The highest BCUT2D eigenvalue weighted by atomic mass is 35.6. The Morgan fingerprint density at radius 1 is 0.865 bits per heavy atom. The quantitative estimate of drug-likeness (QED) is 0.174. The molecule has 0 unspecified atom stereocenters. The molecule has 0 radical (unpaired) electrons. The zero-order valence-corrected chi connectivity index (χ0v) is 28.1. The van der Waals surface area contributed by atoms with E-state index in [2.05, 4.69) is 48.5 Å². The molecule has 0 fully saturated rings. The molecule has 0 saturated heterocycles. The number of unbranched alkanes of at least 4 members (excludes halogenated alkanes) is 2. The number of alkyl halides is 6. The number of nitro groups is 2. The second-order valence-corrected chi connectivity index (χ2v) is 13.5. The topological polar surface area (TPSA) is 86.3 Å². The van der Waals surface area contributed by atoms with Crippen LogP contribution in [-0.4, -0.2) is 30.9 Å². The zero-order chi connectivity index (χ0) is 30.7. The van der Waals surface area contributed by atoms with Gasteiger partial charge in [0.25, 0.3) is 5.69 Å². The normalized spacial score (nSPS) is 9.97. The summed E-state index contributed by atoms with van der Waals surface area (Å²) in [4.78, 5) is 18.0. The molecular weight excluding hydrogens is 605 g/mol. The molecule has 0 aliphatic rings. The van der Waals surface area contributed by atoms with Gasteiger partial charge in [0.1, 0.15) is 4.84 Å². The molecule has 1 rings (SSSR count). The van der Waals surface area contributed by atoms with Gasteiger partial charge >= 0.3 is 0 Å². The van der Waals surface area contributed by atoms with Crippen LogP contribution in [0, 0.1) is 31.6 Å². The van der Waals surface area contributed by atoms with Gasteiger partial charge in [-0.05, 0) is 24.7 Å². The van der Waals surface area contributed by atoms with E-state index in [0.717, 1.165) is 5.92 Å². The third-order valence-corrected chi connectivity index (χ3v) is 4.00. The number of para-hydroxylation sites is 1. The summed E-state index contributed by atoms with van der Waals surface area (Å²) >= 11 is 30.4. The van der Waals surface area contributed by atoms with E-state index in [0.29, 0.717) is 11.3 Å². The maximum atomic E-state index is 10.0. The number of hydrogen-bond donors (Lipinski definition) is 0. The first-order valence-electron chi connectivity index (χ1n) is 11.9. The molecule has 1 aromatic rings. The van der Waals surface area contributed by atoms with Crippen LogP contribution in [0.1, 0.15) is 88.0 Å². The minimum absolute atomic E-state index is 0.0278. The van der Waals surface area contributed by atoms with Gasteiger partial charge in [-0.2, -0.15) is 0 Å². The average Bonchev–Trinajstić information content (AvgIpc) is 2.73. The van der Waals surface area contributed by atoms with Crippen molar-refractivity contribution < 1.29 is 9.85 Å². The highest BCUT2D eigenvalue weighted by Crippen LogP contribution is 2.23. The summed E-state index contributed by atoms with van der Waals surface area (Å²) in [7, 11) is 0. The van der Waals surface area contributed by atoms with Gasteiger partial charge in [-0.25, -0.2) is 0 Å². The van der Waals surface area contributed by atoms with E-state index in [1.54, 1.807) is 18.2 Å². The molecule has 222 valence electrons. The Balaban J connectivity index is -0.000000113. The highest BCUT2D eigenvalue weighted by Gasteiger charge is 2.11. The molecule has 0 spiro atoms. The fourth-order valence-electron chi connectivity index (χ4n) is 2.13. The highest BCUT2D eigenvalue weighted by molar-refractivity contribution is 6.67. The zero-order valence-electron chi connectivity index (χ0n) is 23.6. The summed E-state index contributed by atoms with van der Waals surface area (Å²) in [6.45, 7) is 18.8. The summed E-state index contributed by atoms with van der Waals surface area (Å²) in [5.74, 6) is 1.15. The summed E-state index contributed by atoms with van der Waals surface area (Å²) < 4.78 is -1.08. The van der Waals surface area contributed by atoms with E-state index in [9.17, 15) is 20.2 Å².